The van der Waals surface area contributed by atoms with E-state index in [1.165, 1.54) is 28.7 Å². The van der Waals surface area contributed by atoms with Gasteiger partial charge in [0.2, 0.25) is 5.95 Å². The second-order valence-electron chi connectivity index (χ2n) is 4.68. The highest BCUT2D eigenvalue weighted by Crippen LogP contribution is 2.09. The van der Waals surface area contributed by atoms with Gasteiger partial charge in [0.15, 0.2) is 0 Å². The Morgan fingerprint density at radius 3 is 2.40 bits per heavy atom. The van der Waals surface area contributed by atoms with E-state index in [1.54, 1.807) is 7.05 Å². The molecule has 0 N–H and O–H groups in total. The molecule has 1 aromatic carbocycles. The first-order valence-corrected chi connectivity index (χ1v) is 6.56. The smallest absolute Gasteiger partial charge is 0.272 e. The number of halogens is 1. The fraction of sp³-hybridized carbons (Fsp3) is 0.250. The quantitative estimate of drug-likeness (QED) is 0.801. The van der Waals surface area contributed by atoms with Crippen LogP contribution in [0.1, 0.15) is 28.5 Å². The number of aryl methyl sites for hydroxylation is 1. The van der Waals surface area contributed by atoms with Crippen LogP contribution in [-0.4, -0.2) is 22.8 Å². The molecule has 0 bridgehead atoms. The van der Waals surface area contributed by atoms with Crippen molar-refractivity contribution in [3.63, 3.8) is 0 Å². The van der Waals surface area contributed by atoms with Crippen LogP contribution in [0.5, 0.6) is 0 Å². The number of benzene rings is 1. The number of carbonyl (C=O) groups excluding carboxylic acids is 1. The van der Waals surface area contributed by atoms with E-state index in [4.69, 9.17) is 0 Å². The lowest BCUT2D eigenvalue weighted by atomic mass is 10.1. The number of carbonyl (C=O) groups is 1. The average Bonchev–Trinajstić information content (AvgIpc) is 2.47. The normalized spacial score (nSPS) is 10.3. The minimum Gasteiger partial charge on any atom is -0.336 e. The highest BCUT2D eigenvalue weighted by molar-refractivity contribution is 5.92. The third-order valence-corrected chi connectivity index (χ3v) is 3.13. The lowest BCUT2D eigenvalue weighted by molar-refractivity contribution is 0.0778. The topological polar surface area (TPSA) is 33.2 Å². The van der Waals surface area contributed by atoms with Crippen molar-refractivity contribution in [1.82, 2.24) is 9.88 Å². The van der Waals surface area contributed by atoms with Gasteiger partial charge in [-0.15, -0.1) is 0 Å². The summed E-state index contributed by atoms with van der Waals surface area (Å²) in [5.41, 5.74) is 2.42. The molecular weight excluding hydrogens is 255 g/mol. The summed E-state index contributed by atoms with van der Waals surface area (Å²) in [5.74, 6) is -0.930. The summed E-state index contributed by atoms with van der Waals surface area (Å²) < 4.78 is 13.0. The molecule has 1 amide bonds. The highest BCUT2D eigenvalue weighted by atomic mass is 19.1. The molecule has 20 heavy (non-hydrogen) atoms. The van der Waals surface area contributed by atoms with Gasteiger partial charge >= 0.3 is 0 Å². The standard InChI is InChI=1S/C16H17FN2O/c1-3-12-7-9-13(10-8-12)11-19(2)16(20)14-5-4-6-15(17)18-14/h4-10H,3,11H2,1-2H3. The molecule has 0 spiro atoms. The summed E-state index contributed by atoms with van der Waals surface area (Å²) in [5, 5.41) is 0. The van der Waals surface area contributed by atoms with Crippen LogP contribution >= 0.6 is 0 Å². The monoisotopic (exact) mass is 272 g/mol. The van der Waals surface area contributed by atoms with Crippen LogP contribution in [0.15, 0.2) is 42.5 Å². The maximum absolute atomic E-state index is 13.0. The van der Waals surface area contributed by atoms with E-state index in [-0.39, 0.29) is 11.6 Å². The molecule has 0 saturated heterocycles. The molecule has 104 valence electrons. The van der Waals surface area contributed by atoms with Crippen molar-refractivity contribution >= 4 is 5.91 Å². The average molecular weight is 272 g/mol. The summed E-state index contributed by atoms with van der Waals surface area (Å²) >= 11 is 0. The van der Waals surface area contributed by atoms with Crippen molar-refractivity contribution in [2.75, 3.05) is 7.05 Å². The van der Waals surface area contributed by atoms with Crippen LogP contribution < -0.4 is 0 Å². The van der Waals surface area contributed by atoms with Crippen molar-refractivity contribution in [2.45, 2.75) is 19.9 Å². The Kier molecular flexibility index (Phi) is 4.45. The molecule has 0 unspecified atom stereocenters. The van der Waals surface area contributed by atoms with E-state index >= 15 is 0 Å². The van der Waals surface area contributed by atoms with Crippen molar-refractivity contribution in [2.24, 2.45) is 0 Å². The van der Waals surface area contributed by atoms with Crippen LogP contribution in [-0.2, 0) is 13.0 Å². The Bertz CT molecular complexity index is 596. The number of hydrogen-bond acceptors (Lipinski definition) is 2. The first kappa shape index (κ1) is 14.2. The highest BCUT2D eigenvalue weighted by Gasteiger charge is 2.13. The lowest BCUT2D eigenvalue weighted by Crippen LogP contribution is -2.27. The third kappa shape index (κ3) is 3.41. The van der Waals surface area contributed by atoms with Gasteiger partial charge in [-0.3, -0.25) is 4.79 Å². The lowest BCUT2D eigenvalue weighted by Gasteiger charge is -2.17. The van der Waals surface area contributed by atoms with Gasteiger partial charge in [-0.25, -0.2) is 4.98 Å². The Morgan fingerprint density at radius 2 is 1.80 bits per heavy atom. The number of amides is 1. The predicted octanol–water partition coefficient (Wildman–Crippen LogP) is 3.06. The fourth-order valence-electron chi connectivity index (χ4n) is 1.95. The largest absolute Gasteiger partial charge is 0.336 e. The number of rotatable bonds is 4. The number of aromatic nitrogens is 1. The minimum atomic E-state index is -0.642. The van der Waals surface area contributed by atoms with Crippen molar-refractivity contribution in [1.29, 1.82) is 0 Å². The maximum atomic E-state index is 13.0. The van der Waals surface area contributed by atoms with E-state index in [0.29, 0.717) is 6.54 Å². The molecule has 4 heteroatoms. The second-order valence-corrected chi connectivity index (χ2v) is 4.68. The zero-order valence-corrected chi connectivity index (χ0v) is 11.6. The summed E-state index contributed by atoms with van der Waals surface area (Å²) in [6.45, 7) is 2.57. The molecule has 1 heterocycles. The van der Waals surface area contributed by atoms with Gasteiger partial charge in [0.25, 0.3) is 5.91 Å². The zero-order chi connectivity index (χ0) is 14.5. The van der Waals surface area contributed by atoms with Gasteiger partial charge in [-0.2, -0.15) is 4.39 Å². The van der Waals surface area contributed by atoms with Crippen LogP contribution in [0, 0.1) is 5.95 Å². The molecule has 0 fully saturated rings. The summed E-state index contributed by atoms with van der Waals surface area (Å²) in [7, 11) is 1.68. The van der Waals surface area contributed by atoms with Crippen LogP contribution in [0.2, 0.25) is 0 Å². The van der Waals surface area contributed by atoms with Gasteiger partial charge in [-0.05, 0) is 29.7 Å². The first-order chi connectivity index (χ1) is 9.60. The Morgan fingerprint density at radius 1 is 1.15 bits per heavy atom. The third-order valence-electron chi connectivity index (χ3n) is 3.13. The summed E-state index contributed by atoms with van der Waals surface area (Å²) in [6.07, 6.45) is 0.988. The van der Waals surface area contributed by atoms with E-state index in [1.807, 2.05) is 24.3 Å². The van der Waals surface area contributed by atoms with Crippen molar-refractivity contribution in [3.8, 4) is 0 Å². The molecular formula is C16H17FN2O. The number of hydrogen-bond donors (Lipinski definition) is 0. The second kappa shape index (κ2) is 6.28. The molecule has 0 saturated carbocycles. The number of nitrogens with zero attached hydrogens (tertiary/aromatic N) is 2. The molecule has 3 nitrogen and oxygen atoms in total. The summed E-state index contributed by atoms with van der Waals surface area (Å²) in [4.78, 5) is 17.3. The molecule has 0 aliphatic heterocycles. The van der Waals surface area contributed by atoms with Crippen LogP contribution in [0.25, 0.3) is 0 Å². The SMILES string of the molecule is CCc1ccc(CN(C)C(=O)c2cccc(F)n2)cc1. The van der Waals surface area contributed by atoms with E-state index in [9.17, 15) is 9.18 Å². The van der Waals surface area contributed by atoms with Crippen molar-refractivity contribution in [3.05, 3.63) is 65.2 Å². The van der Waals surface area contributed by atoms with Gasteiger partial charge in [0, 0.05) is 13.6 Å². The Hall–Kier alpha value is -2.23. The molecule has 2 aromatic rings. The fourth-order valence-corrected chi connectivity index (χ4v) is 1.95. The van der Waals surface area contributed by atoms with Gasteiger partial charge < -0.3 is 4.90 Å². The van der Waals surface area contributed by atoms with Crippen LogP contribution in [0.3, 0.4) is 0 Å². The van der Waals surface area contributed by atoms with Gasteiger partial charge in [0.1, 0.15) is 5.69 Å². The zero-order valence-electron chi connectivity index (χ0n) is 11.6. The van der Waals surface area contributed by atoms with Crippen LogP contribution in [0.4, 0.5) is 4.39 Å². The summed E-state index contributed by atoms with van der Waals surface area (Å²) in [6, 6.07) is 12.3. The Labute approximate surface area is 118 Å². The number of pyridine rings is 1. The molecule has 0 atom stereocenters. The van der Waals surface area contributed by atoms with E-state index in [0.717, 1.165) is 12.0 Å². The molecule has 2 rings (SSSR count). The predicted molar refractivity (Wildman–Crippen MR) is 75.8 cm³/mol. The van der Waals surface area contributed by atoms with Gasteiger partial charge in [0.05, 0.1) is 0 Å². The first-order valence-electron chi connectivity index (χ1n) is 6.56. The van der Waals surface area contributed by atoms with E-state index < -0.39 is 5.95 Å². The van der Waals surface area contributed by atoms with E-state index in [2.05, 4.69) is 11.9 Å². The Balaban J connectivity index is 2.07. The maximum Gasteiger partial charge on any atom is 0.272 e. The minimum absolute atomic E-state index is 0.123. The van der Waals surface area contributed by atoms with Gasteiger partial charge in [-0.1, -0.05) is 37.3 Å². The molecule has 0 aliphatic carbocycles. The van der Waals surface area contributed by atoms with Crippen molar-refractivity contribution < 1.29 is 9.18 Å². The molecule has 0 radical (unpaired) electrons. The molecule has 1 aromatic heterocycles. The molecule has 0 aliphatic rings.